The van der Waals surface area contributed by atoms with Gasteiger partial charge in [0, 0.05) is 18.7 Å². The van der Waals surface area contributed by atoms with Crippen molar-refractivity contribution in [2.75, 3.05) is 13.2 Å². The van der Waals surface area contributed by atoms with E-state index < -0.39 is 5.91 Å². The van der Waals surface area contributed by atoms with Gasteiger partial charge in [-0.25, -0.2) is 0 Å². The van der Waals surface area contributed by atoms with Gasteiger partial charge in [-0.2, -0.15) is 0 Å². The van der Waals surface area contributed by atoms with Crippen molar-refractivity contribution < 1.29 is 9.90 Å². The van der Waals surface area contributed by atoms with Gasteiger partial charge in [0.25, 0.3) is 0 Å². The standard InChI is InChI=1S/C18H20N2O2/c19-18(22)15-6-3-4-13(10-15)11-20-9-8-14-5-1-2-7-16(14)17(20)12-21/h1-7,10,17,21H,8-9,11-12H2,(H2,19,22). The summed E-state index contributed by atoms with van der Waals surface area (Å²) in [7, 11) is 0. The summed E-state index contributed by atoms with van der Waals surface area (Å²) >= 11 is 0. The van der Waals surface area contributed by atoms with Crippen LogP contribution in [0.3, 0.4) is 0 Å². The number of aliphatic hydroxyl groups is 1. The van der Waals surface area contributed by atoms with Crippen molar-refractivity contribution in [3.63, 3.8) is 0 Å². The Kier molecular flexibility index (Phi) is 4.22. The fourth-order valence-corrected chi connectivity index (χ4v) is 3.16. The molecule has 1 unspecified atom stereocenters. The van der Waals surface area contributed by atoms with Gasteiger partial charge >= 0.3 is 0 Å². The number of amides is 1. The molecular formula is C18H20N2O2. The van der Waals surface area contributed by atoms with Crippen LogP contribution in [-0.4, -0.2) is 29.1 Å². The molecule has 0 aliphatic carbocycles. The van der Waals surface area contributed by atoms with E-state index in [9.17, 15) is 9.90 Å². The maximum Gasteiger partial charge on any atom is 0.248 e. The number of carbonyl (C=O) groups is 1. The van der Waals surface area contributed by atoms with E-state index in [0.29, 0.717) is 12.1 Å². The number of rotatable bonds is 4. The van der Waals surface area contributed by atoms with Crippen LogP contribution in [0, 0.1) is 0 Å². The van der Waals surface area contributed by atoms with E-state index in [1.165, 1.54) is 11.1 Å². The van der Waals surface area contributed by atoms with Gasteiger partial charge in [-0.1, -0.05) is 36.4 Å². The zero-order valence-corrected chi connectivity index (χ0v) is 12.4. The zero-order valence-electron chi connectivity index (χ0n) is 12.4. The summed E-state index contributed by atoms with van der Waals surface area (Å²) in [6.45, 7) is 1.68. The molecule has 0 aromatic heterocycles. The second-order valence-corrected chi connectivity index (χ2v) is 5.68. The van der Waals surface area contributed by atoms with Crippen LogP contribution in [0.1, 0.15) is 33.1 Å². The lowest BCUT2D eigenvalue weighted by Crippen LogP contribution is -2.36. The lowest BCUT2D eigenvalue weighted by Gasteiger charge is -2.36. The first-order chi connectivity index (χ1) is 10.7. The minimum Gasteiger partial charge on any atom is -0.394 e. The summed E-state index contributed by atoms with van der Waals surface area (Å²) in [6.07, 6.45) is 0.974. The van der Waals surface area contributed by atoms with Crippen molar-refractivity contribution in [1.29, 1.82) is 0 Å². The monoisotopic (exact) mass is 296 g/mol. The van der Waals surface area contributed by atoms with Crippen LogP contribution in [0.5, 0.6) is 0 Å². The maximum atomic E-state index is 11.3. The molecule has 1 amide bonds. The highest BCUT2D eigenvalue weighted by molar-refractivity contribution is 5.92. The molecule has 0 radical (unpaired) electrons. The van der Waals surface area contributed by atoms with Gasteiger partial charge in [0.05, 0.1) is 12.6 Å². The Bertz CT molecular complexity index is 684. The van der Waals surface area contributed by atoms with Crippen molar-refractivity contribution >= 4 is 5.91 Å². The van der Waals surface area contributed by atoms with Crippen LogP contribution in [0.25, 0.3) is 0 Å². The normalized spacial score (nSPS) is 18.0. The molecule has 1 heterocycles. The molecule has 0 saturated carbocycles. The Labute approximate surface area is 130 Å². The Balaban J connectivity index is 1.84. The molecule has 0 fully saturated rings. The molecule has 1 aliphatic rings. The van der Waals surface area contributed by atoms with Crippen molar-refractivity contribution in [3.8, 4) is 0 Å². The number of aliphatic hydroxyl groups excluding tert-OH is 1. The Hall–Kier alpha value is -2.17. The molecule has 0 saturated heterocycles. The van der Waals surface area contributed by atoms with Gasteiger partial charge in [0.15, 0.2) is 0 Å². The molecule has 2 aromatic carbocycles. The maximum absolute atomic E-state index is 11.3. The van der Waals surface area contributed by atoms with Crippen molar-refractivity contribution in [1.82, 2.24) is 4.90 Å². The number of primary amides is 1. The molecule has 0 spiro atoms. The summed E-state index contributed by atoms with van der Waals surface area (Å²) in [5.41, 5.74) is 9.41. The number of nitrogens with two attached hydrogens (primary N) is 1. The second kappa shape index (κ2) is 6.30. The minimum atomic E-state index is -0.412. The summed E-state index contributed by atoms with van der Waals surface area (Å²) < 4.78 is 0. The molecule has 3 rings (SSSR count). The molecular weight excluding hydrogens is 276 g/mol. The topological polar surface area (TPSA) is 66.6 Å². The fourth-order valence-electron chi connectivity index (χ4n) is 3.16. The summed E-state index contributed by atoms with van der Waals surface area (Å²) in [6, 6.07) is 15.7. The predicted octanol–water partition coefficient (Wildman–Crippen LogP) is 1.88. The average Bonchev–Trinajstić information content (AvgIpc) is 2.55. The number of hydrogen-bond donors (Lipinski definition) is 2. The van der Waals surface area contributed by atoms with Crippen LogP contribution < -0.4 is 5.73 Å². The highest BCUT2D eigenvalue weighted by Crippen LogP contribution is 2.30. The molecule has 1 atom stereocenters. The molecule has 0 bridgehead atoms. The Morgan fingerprint density at radius 2 is 2.05 bits per heavy atom. The van der Waals surface area contributed by atoms with Crippen LogP contribution >= 0.6 is 0 Å². The molecule has 1 aliphatic heterocycles. The van der Waals surface area contributed by atoms with E-state index in [4.69, 9.17) is 5.73 Å². The van der Waals surface area contributed by atoms with Gasteiger partial charge in [-0.15, -0.1) is 0 Å². The number of hydrogen-bond acceptors (Lipinski definition) is 3. The summed E-state index contributed by atoms with van der Waals surface area (Å²) in [5, 5.41) is 9.81. The Morgan fingerprint density at radius 1 is 1.23 bits per heavy atom. The fraction of sp³-hybridized carbons (Fsp3) is 0.278. The van der Waals surface area contributed by atoms with E-state index in [-0.39, 0.29) is 12.6 Å². The third-order valence-corrected chi connectivity index (χ3v) is 4.29. The lowest BCUT2D eigenvalue weighted by atomic mass is 9.92. The highest BCUT2D eigenvalue weighted by atomic mass is 16.3. The van der Waals surface area contributed by atoms with E-state index in [1.807, 2.05) is 30.3 Å². The van der Waals surface area contributed by atoms with Gasteiger partial charge in [0.1, 0.15) is 0 Å². The third-order valence-electron chi connectivity index (χ3n) is 4.29. The van der Waals surface area contributed by atoms with Crippen LogP contribution in [0.15, 0.2) is 48.5 Å². The first-order valence-corrected chi connectivity index (χ1v) is 7.50. The average molecular weight is 296 g/mol. The first-order valence-electron chi connectivity index (χ1n) is 7.50. The van der Waals surface area contributed by atoms with Crippen molar-refractivity contribution in [3.05, 3.63) is 70.8 Å². The first kappa shape index (κ1) is 14.8. The number of fused-ring (bicyclic) bond motifs is 1. The highest BCUT2D eigenvalue weighted by Gasteiger charge is 2.26. The van der Waals surface area contributed by atoms with Crippen molar-refractivity contribution in [2.45, 2.75) is 19.0 Å². The molecule has 114 valence electrons. The number of carbonyl (C=O) groups excluding carboxylic acids is 1. The molecule has 3 N–H and O–H groups in total. The predicted molar refractivity (Wildman–Crippen MR) is 85.3 cm³/mol. The minimum absolute atomic E-state index is 0.00202. The van der Waals surface area contributed by atoms with E-state index in [2.05, 4.69) is 17.0 Å². The molecule has 4 nitrogen and oxygen atoms in total. The second-order valence-electron chi connectivity index (χ2n) is 5.68. The van der Waals surface area contributed by atoms with Gasteiger partial charge in [-0.05, 0) is 35.2 Å². The quantitative estimate of drug-likeness (QED) is 0.905. The molecule has 2 aromatic rings. The van der Waals surface area contributed by atoms with E-state index >= 15 is 0 Å². The van der Waals surface area contributed by atoms with Crippen LogP contribution in [-0.2, 0) is 13.0 Å². The number of benzene rings is 2. The summed E-state index contributed by atoms with van der Waals surface area (Å²) in [4.78, 5) is 13.6. The molecule has 22 heavy (non-hydrogen) atoms. The number of nitrogens with zero attached hydrogens (tertiary/aromatic N) is 1. The largest absolute Gasteiger partial charge is 0.394 e. The van der Waals surface area contributed by atoms with Crippen molar-refractivity contribution in [2.24, 2.45) is 5.73 Å². The van der Waals surface area contributed by atoms with Crippen LogP contribution in [0.2, 0.25) is 0 Å². The van der Waals surface area contributed by atoms with Gasteiger partial charge in [-0.3, -0.25) is 9.69 Å². The van der Waals surface area contributed by atoms with Crippen LogP contribution in [0.4, 0.5) is 0 Å². The van der Waals surface area contributed by atoms with E-state index in [0.717, 1.165) is 18.5 Å². The van der Waals surface area contributed by atoms with Gasteiger partial charge in [0.2, 0.25) is 5.91 Å². The SMILES string of the molecule is NC(=O)c1cccc(CN2CCc3ccccc3C2CO)c1. The Morgan fingerprint density at radius 3 is 2.82 bits per heavy atom. The van der Waals surface area contributed by atoms with Gasteiger partial charge < -0.3 is 10.8 Å². The lowest BCUT2D eigenvalue weighted by molar-refractivity contribution is 0.0998. The third kappa shape index (κ3) is 2.89. The summed E-state index contributed by atoms with van der Waals surface area (Å²) in [5.74, 6) is -0.412. The molecule has 4 heteroatoms. The zero-order chi connectivity index (χ0) is 15.5. The van der Waals surface area contributed by atoms with E-state index in [1.54, 1.807) is 6.07 Å². The smallest absolute Gasteiger partial charge is 0.248 e.